The van der Waals surface area contributed by atoms with E-state index in [2.05, 4.69) is 19.2 Å². The monoisotopic (exact) mass is 253 g/mol. The highest BCUT2D eigenvalue weighted by Crippen LogP contribution is 2.35. The molecule has 1 saturated heterocycles. The zero-order chi connectivity index (χ0) is 13.4. The predicted molar refractivity (Wildman–Crippen MR) is 68.9 cm³/mol. The molecular formula is C13H23N3O2. The van der Waals surface area contributed by atoms with Crippen molar-refractivity contribution >= 4 is 11.9 Å². The Bertz CT molecular complexity index is 359. The number of rotatable bonds is 4. The lowest BCUT2D eigenvalue weighted by Crippen LogP contribution is -2.44. The van der Waals surface area contributed by atoms with Crippen LogP contribution in [0, 0.1) is 5.41 Å². The SMILES string of the molecule is CC(C)(CN)CCN1C(=O)NC2(CCCC2)C1=O. The van der Waals surface area contributed by atoms with Crippen molar-refractivity contribution in [1.82, 2.24) is 10.2 Å². The van der Waals surface area contributed by atoms with Crippen molar-refractivity contribution in [1.29, 1.82) is 0 Å². The van der Waals surface area contributed by atoms with E-state index in [1.165, 1.54) is 4.90 Å². The molecule has 0 aromatic carbocycles. The van der Waals surface area contributed by atoms with Crippen LogP contribution in [0.25, 0.3) is 0 Å². The number of urea groups is 1. The van der Waals surface area contributed by atoms with E-state index in [4.69, 9.17) is 5.73 Å². The van der Waals surface area contributed by atoms with Gasteiger partial charge in [0.15, 0.2) is 0 Å². The largest absolute Gasteiger partial charge is 0.330 e. The minimum Gasteiger partial charge on any atom is -0.330 e. The van der Waals surface area contributed by atoms with Crippen LogP contribution in [0.1, 0.15) is 46.0 Å². The standard InChI is InChI=1S/C13H23N3O2/c1-12(2,9-14)7-8-16-10(17)13(15-11(16)18)5-3-4-6-13/h3-9,14H2,1-2H3,(H,15,18). The maximum Gasteiger partial charge on any atom is 0.325 e. The minimum absolute atomic E-state index is 0.0298. The molecule has 1 spiro atoms. The summed E-state index contributed by atoms with van der Waals surface area (Å²) in [4.78, 5) is 25.6. The van der Waals surface area contributed by atoms with Crippen LogP contribution in [0.2, 0.25) is 0 Å². The molecule has 2 fully saturated rings. The van der Waals surface area contributed by atoms with Crippen molar-refractivity contribution in [2.24, 2.45) is 11.1 Å². The van der Waals surface area contributed by atoms with Gasteiger partial charge in [-0.1, -0.05) is 26.7 Å². The zero-order valence-electron chi connectivity index (χ0n) is 11.3. The molecule has 0 atom stereocenters. The Hall–Kier alpha value is -1.10. The van der Waals surface area contributed by atoms with Gasteiger partial charge >= 0.3 is 6.03 Å². The molecule has 0 radical (unpaired) electrons. The molecule has 3 amide bonds. The fraction of sp³-hybridized carbons (Fsp3) is 0.846. The van der Waals surface area contributed by atoms with Crippen molar-refractivity contribution in [3.63, 3.8) is 0 Å². The zero-order valence-corrected chi connectivity index (χ0v) is 11.3. The van der Waals surface area contributed by atoms with Gasteiger partial charge in [0.2, 0.25) is 0 Å². The fourth-order valence-corrected chi connectivity index (χ4v) is 2.71. The summed E-state index contributed by atoms with van der Waals surface area (Å²) in [6.07, 6.45) is 4.36. The van der Waals surface area contributed by atoms with E-state index >= 15 is 0 Å². The van der Waals surface area contributed by atoms with E-state index < -0.39 is 5.54 Å². The van der Waals surface area contributed by atoms with Gasteiger partial charge in [-0.3, -0.25) is 9.69 Å². The summed E-state index contributed by atoms with van der Waals surface area (Å²) in [5, 5.41) is 2.89. The van der Waals surface area contributed by atoms with Gasteiger partial charge in [0.1, 0.15) is 5.54 Å². The molecule has 18 heavy (non-hydrogen) atoms. The molecule has 0 aromatic heterocycles. The molecule has 102 valence electrons. The highest BCUT2D eigenvalue weighted by molar-refractivity contribution is 6.07. The maximum absolute atomic E-state index is 12.4. The second-order valence-electron chi connectivity index (χ2n) is 6.29. The summed E-state index contributed by atoms with van der Waals surface area (Å²) >= 11 is 0. The first-order valence-electron chi connectivity index (χ1n) is 6.74. The van der Waals surface area contributed by atoms with Crippen LogP contribution in [0.15, 0.2) is 0 Å². The lowest BCUT2D eigenvalue weighted by molar-refractivity contribution is -0.131. The van der Waals surface area contributed by atoms with Gasteiger partial charge in [-0.25, -0.2) is 4.79 Å². The van der Waals surface area contributed by atoms with Crippen LogP contribution in [-0.4, -0.2) is 35.5 Å². The Morgan fingerprint density at radius 1 is 1.33 bits per heavy atom. The molecule has 2 rings (SSSR count). The van der Waals surface area contributed by atoms with Gasteiger partial charge in [0.25, 0.3) is 5.91 Å². The van der Waals surface area contributed by atoms with Crippen LogP contribution >= 0.6 is 0 Å². The van der Waals surface area contributed by atoms with Crippen molar-refractivity contribution < 1.29 is 9.59 Å². The second kappa shape index (κ2) is 4.53. The van der Waals surface area contributed by atoms with Crippen LogP contribution in [0.3, 0.4) is 0 Å². The number of carbonyl (C=O) groups excluding carboxylic acids is 2. The number of nitrogens with zero attached hydrogens (tertiary/aromatic N) is 1. The quantitative estimate of drug-likeness (QED) is 0.740. The summed E-state index contributed by atoms with van der Waals surface area (Å²) in [6.45, 7) is 5.13. The van der Waals surface area contributed by atoms with E-state index in [1.54, 1.807) is 0 Å². The molecule has 1 saturated carbocycles. The van der Waals surface area contributed by atoms with Gasteiger partial charge in [0.05, 0.1) is 0 Å². The topological polar surface area (TPSA) is 75.4 Å². The number of hydrogen-bond donors (Lipinski definition) is 2. The Morgan fingerprint density at radius 2 is 1.94 bits per heavy atom. The average molecular weight is 253 g/mol. The lowest BCUT2D eigenvalue weighted by Gasteiger charge is -2.25. The molecular weight excluding hydrogens is 230 g/mol. The highest BCUT2D eigenvalue weighted by Gasteiger charge is 2.52. The number of imide groups is 1. The highest BCUT2D eigenvalue weighted by atomic mass is 16.2. The molecule has 0 bridgehead atoms. The Morgan fingerprint density at radius 3 is 2.50 bits per heavy atom. The van der Waals surface area contributed by atoms with E-state index in [9.17, 15) is 9.59 Å². The van der Waals surface area contributed by atoms with Gasteiger partial charge in [-0.15, -0.1) is 0 Å². The van der Waals surface area contributed by atoms with Gasteiger partial charge < -0.3 is 11.1 Å². The van der Waals surface area contributed by atoms with Gasteiger partial charge in [0, 0.05) is 6.54 Å². The third-order valence-electron chi connectivity index (χ3n) is 4.27. The summed E-state index contributed by atoms with van der Waals surface area (Å²) in [5.74, 6) is -0.0298. The predicted octanol–water partition coefficient (Wildman–Crippen LogP) is 1.23. The molecule has 2 aliphatic rings. The molecule has 1 aliphatic heterocycles. The molecule has 5 nitrogen and oxygen atoms in total. The normalized spacial score (nSPS) is 22.9. The lowest BCUT2D eigenvalue weighted by atomic mass is 9.89. The van der Waals surface area contributed by atoms with Crippen LogP contribution in [0.5, 0.6) is 0 Å². The first-order chi connectivity index (χ1) is 8.40. The Kier molecular flexibility index (Phi) is 3.36. The van der Waals surface area contributed by atoms with E-state index in [-0.39, 0.29) is 17.4 Å². The molecule has 1 heterocycles. The smallest absolute Gasteiger partial charge is 0.325 e. The first kappa shape index (κ1) is 13.3. The van der Waals surface area contributed by atoms with Crippen molar-refractivity contribution in [2.75, 3.05) is 13.1 Å². The Balaban J connectivity index is 2.02. The Labute approximate surface area is 108 Å². The van der Waals surface area contributed by atoms with Crippen molar-refractivity contribution in [2.45, 2.75) is 51.5 Å². The molecule has 1 aliphatic carbocycles. The maximum atomic E-state index is 12.4. The van der Waals surface area contributed by atoms with E-state index in [0.717, 1.165) is 32.1 Å². The summed E-state index contributed by atoms with van der Waals surface area (Å²) in [5.41, 5.74) is 5.06. The van der Waals surface area contributed by atoms with Crippen molar-refractivity contribution in [3.05, 3.63) is 0 Å². The van der Waals surface area contributed by atoms with Crippen molar-refractivity contribution in [3.8, 4) is 0 Å². The third-order valence-corrected chi connectivity index (χ3v) is 4.27. The minimum atomic E-state index is -0.579. The van der Waals surface area contributed by atoms with Gasteiger partial charge in [-0.05, 0) is 31.2 Å². The van der Waals surface area contributed by atoms with E-state index in [0.29, 0.717) is 13.1 Å². The third kappa shape index (κ3) is 2.23. The van der Waals surface area contributed by atoms with Gasteiger partial charge in [-0.2, -0.15) is 0 Å². The van der Waals surface area contributed by atoms with E-state index in [1.807, 2.05) is 0 Å². The number of hydrogen-bond acceptors (Lipinski definition) is 3. The summed E-state index contributed by atoms with van der Waals surface area (Å²) in [7, 11) is 0. The van der Waals surface area contributed by atoms with Crippen LogP contribution in [0.4, 0.5) is 4.79 Å². The summed E-state index contributed by atoms with van der Waals surface area (Å²) < 4.78 is 0. The first-order valence-corrected chi connectivity index (χ1v) is 6.74. The molecule has 3 N–H and O–H groups in total. The number of carbonyl (C=O) groups is 2. The molecule has 5 heteroatoms. The molecule has 0 aromatic rings. The summed E-state index contributed by atoms with van der Waals surface area (Å²) in [6, 6.07) is -0.227. The molecule has 0 unspecified atom stereocenters. The number of nitrogens with two attached hydrogens (primary N) is 1. The van der Waals surface area contributed by atoms with Crippen LogP contribution < -0.4 is 11.1 Å². The number of amides is 3. The average Bonchev–Trinajstić information content (AvgIpc) is 2.86. The second-order valence-corrected chi connectivity index (χ2v) is 6.29. The van der Waals surface area contributed by atoms with Crippen LogP contribution in [-0.2, 0) is 4.79 Å². The fourth-order valence-electron chi connectivity index (χ4n) is 2.71. The number of nitrogens with one attached hydrogen (secondary N) is 1.